The number of para-hydroxylation sites is 2. The van der Waals surface area contributed by atoms with Crippen molar-refractivity contribution in [2.45, 2.75) is 13.5 Å². The average molecular weight is 518 g/mol. The summed E-state index contributed by atoms with van der Waals surface area (Å²) in [6.45, 7) is 2.33. The second-order valence-electron chi connectivity index (χ2n) is 7.95. The van der Waals surface area contributed by atoms with E-state index in [4.69, 9.17) is 16.3 Å². The number of imidazole rings is 1. The highest BCUT2D eigenvalue weighted by Gasteiger charge is 2.15. The summed E-state index contributed by atoms with van der Waals surface area (Å²) in [5, 5.41) is 6.30. The van der Waals surface area contributed by atoms with Gasteiger partial charge in [-0.25, -0.2) is 19.2 Å². The molecular formula is C26H21ClFN7O2. The topological polar surface area (TPSA) is 118 Å². The minimum atomic E-state index is -0.523. The molecule has 9 nitrogen and oxygen atoms in total. The average Bonchev–Trinajstić information content (AvgIpc) is 3.33. The Morgan fingerprint density at radius 1 is 1.11 bits per heavy atom. The lowest BCUT2D eigenvalue weighted by atomic mass is 10.1. The number of rotatable bonds is 8. The number of carbonyl (C=O) groups excluding carboxylic acids is 1. The van der Waals surface area contributed by atoms with Gasteiger partial charge in [-0.1, -0.05) is 23.7 Å². The summed E-state index contributed by atoms with van der Waals surface area (Å²) in [7, 11) is 0. The summed E-state index contributed by atoms with van der Waals surface area (Å²) < 4.78 is 18.7. The van der Waals surface area contributed by atoms with E-state index in [0.717, 1.165) is 11.0 Å². The first kappa shape index (κ1) is 24.1. The van der Waals surface area contributed by atoms with Crippen LogP contribution in [0.1, 0.15) is 23.1 Å². The SMILES string of the molecule is CCOC(=O)c1cncc(-c2cnc(Nc3ccc(F)c(Cl)c3)nc2NCc2nc3ccccc3[nH]2)c1. The molecule has 0 spiro atoms. The minimum absolute atomic E-state index is 0.0216. The fourth-order valence-electron chi connectivity index (χ4n) is 3.66. The lowest BCUT2D eigenvalue weighted by Gasteiger charge is -2.13. The number of benzene rings is 2. The fraction of sp³-hybridized carbons (Fsp3) is 0.115. The lowest BCUT2D eigenvalue weighted by molar-refractivity contribution is 0.0526. The molecule has 0 aliphatic carbocycles. The number of H-pyrrole nitrogens is 1. The normalized spacial score (nSPS) is 10.9. The molecule has 186 valence electrons. The number of halogens is 2. The zero-order valence-electron chi connectivity index (χ0n) is 19.6. The van der Waals surface area contributed by atoms with Gasteiger partial charge in [-0.2, -0.15) is 4.98 Å². The van der Waals surface area contributed by atoms with E-state index in [2.05, 4.69) is 35.6 Å². The molecule has 0 unspecified atom stereocenters. The van der Waals surface area contributed by atoms with E-state index >= 15 is 0 Å². The zero-order valence-corrected chi connectivity index (χ0v) is 20.4. The molecule has 0 saturated heterocycles. The van der Waals surface area contributed by atoms with Crippen LogP contribution in [0.3, 0.4) is 0 Å². The maximum atomic E-state index is 13.6. The maximum absolute atomic E-state index is 13.6. The first-order valence-electron chi connectivity index (χ1n) is 11.4. The van der Waals surface area contributed by atoms with E-state index in [9.17, 15) is 9.18 Å². The van der Waals surface area contributed by atoms with Gasteiger partial charge >= 0.3 is 5.97 Å². The summed E-state index contributed by atoms with van der Waals surface area (Å²) in [6.07, 6.45) is 4.66. The number of hydrogen-bond donors (Lipinski definition) is 3. The Morgan fingerprint density at radius 2 is 1.97 bits per heavy atom. The number of aromatic amines is 1. The van der Waals surface area contributed by atoms with Gasteiger partial charge in [-0.05, 0) is 43.3 Å². The monoisotopic (exact) mass is 517 g/mol. The van der Waals surface area contributed by atoms with Gasteiger partial charge in [-0.3, -0.25) is 4.98 Å². The van der Waals surface area contributed by atoms with Crippen LogP contribution in [-0.4, -0.2) is 37.5 Å². The molecule has 3 aromatic heterocycles. The highest BCUT2D eigenvalue weighted by atomic mass is 35.5. The van der Waals surface area contributed by atoms with Gasteiger partial charge in [0.2, 0.25) is 5.95 Å². The van der Waals surface area contributed by atoms with Crippen molar-refractivity contribution < 1.29 is 13.9 Å². The van der Waals surface area contributed by atoms with Crippen molar-refractivity contribution in [3.63, 3.8) is 0 Å². The van der Waals surface area contributed by atoms with Gasteiger partial charge in [0.15, 0.2) is 0 Å². The standard InChI is InChI=1S/C26H21ClFN7O2/c1-2-37-25(36)16-9-15(11-29-12-16)18-13-31-26(32-17-7-8-20(28)19(27)10-17)35-24(18)30-14-23-33-21-5-3-4-6-22(21)34-23/h3-13H,2,14H2,1H3,(H,33,34)(H2,30,31,32,35). The Labute approximate surface area is 216 Å². The van der Waals surface area contributed by atoms with E-state index in [1.165, 1.54) is 24.4 Å². The summed E-state index contributed by atoms with van der Waals surface area (Å²) in [5.41, 5.74) is 3.83. The molecular weight excluding hydrogens is 497 g/mol. The van der Waals surface area contributed by atoms with Gasteiger partial charge in [-0.15, -0.1) is 0 Å². The van der Waals surface area contributed by atoms with Crippen molar-refractivity contribution in [3.05, 3.63) is 89.3 Å². The highest BCUT2D eigenvalue weighted by molar-refractivity contribution is 6.31. The molecule has 37 heavy (non-hydrogen) atoms. The van der Waals surface area contributed by atoms with Crippen LogP contribution in [0, 0.1) is 5.82 Å². The molecule has 11 heteroatoms. The van der Waals surface area contributed by atoms with Gasteiger partial charge in [0.1, 0.15) is 17.5 Å². The van der Waals surface area contributed by atoms with Crippen LogP contribution in [-0.2, 0) is 11.3 Å². The van der Waals surface area contributed by atoms with Crippen molar-refractivity contribution in [1.82, 2.24) is 24.9 Å². The van der Waals surface area contributed by atoms with E-state index in [0.29, 0.717) is 40.6 Å². The van der Waals surface area contributed by atoms with E-state index in [1.807, 2.05) is 24.3 Å². The van der Waals surface area contributed by atoms with Crippen LogP contribution in [0.2, 0.25) is 5.02 Å². The summed E-state index contributed by atoms with van der Waals surface area (Å²) in [5.74, 6) is 0.442. The van der Waals surface area contributed by atoms with E-state index in [1.54, 1.807) is 25.4 Å². The molecule has 0 radical (unpaired) electrons. The van der Waals surface area contributed by atoms with Crippen LogP contribution in [0.4, 0.5) is 21.8 Å². The van der Waals surface area contributed by atoms with Gasteiger partial charge in [0.05, 0.1) is 34.8 Å². The van der Waals surface area contributed by atoms with Crippen molar-refractivity contribution in [3.8, 4) is 11.1 Å². The predicted octanol–water partition coefficient (Wildman–Crippen LogP) is 5.74. The molecule has 3 N–H and O–H groups in total. The Morgan fingerprint density at radius 3 is 2.78 bits per heavy atom. The summed E-state index contributed by atoms with van der Waals surface area (Å²) >= 11 is 5.91. The van der Waals surface area contributed by atoms with Gasteiger partial charge in [0, 0.05) is 35.4 Å². The van der Waals surface area contributed by atoms with E-state index in [-0.39, 0.29) is 17.6 Å². The molecule has 2 aromatic carbocycles. The number of aromatic nitrogens is 5. The Balaban J connectivity index is 1.48. The lowest BCUT2D eigenvalue weighted by Crippen LogP contribution is -2.08. The molecule has 3 heterocycles. The third-order valence-corrected chi connectivity index (χ3v) is 5.68. The number of hydrogen-bond acceptors (Lipinski definition) is 8. The number of fused-ring (bicyclic) bond motifs is 1. The number of carbonyl (C=O) groups is 1. The number of nitrogens with zero attached hydrogens (tertiary/aromatic N) is 4. The molecule has 0 bridgehead atoms. The van der Waals surface area contributed by atoms with Crippen molar-refractivity contribution >= 4 is 46.1 Å². The molecule has 0 saturated carbocycles. The van der Waals surface area contributed by atoms with Gasteiger partial charge in [0.25, 0.3) is 0 Å². The van der Waals surface area contributed by atoms with Crippen molar-refractivity contribution in [2.75, 3.05) is 17.2 Å². The molecule has 0 atom stereocenters. The van der Waals surface area contributed by atoms with Crippen LogP contribution >= 0.6 is 11.6 Å². The minimum Gasteiger partial charge on any atom is -0.462 e. The van der Waals surface area contributed by atoms with Crippen LogP contribution < -0.4 is 10.6 Å². The molecule has 5 rings (SSSR count). The Bertz CT molecular complexity index is 1560. The smallest absolute Gasteiger partial charge is 0.339 e. The Hall–Kier alpha value is -4.57. The van der Waals surface area contributed by atoms with Crippen molar-refractivity contribution in [2.24, 2.45) is 0 Å². The predicted molar refractivity (Wildman–Crippen MR) is 139 cm³/mol. The summed E-state index contributed by atoms with van der Waals surface area (Å²) in [4.78, 5) is 33.3. The molecule has 0 amide bonds. The number of esters is 1. The largest absolute Gasteiger partial charge is 0.462 e. The maximum Gasteiger partial charge on any atom is 0.339 e. The molecule has 5 aromatic rings. The molecule has 0 aliphatic heterocycles. The summed E-state index contributed by atoms with van der Waals surface area (Å²) in [6, 6.07) is 13.6. The van der Waals surface area contributed by atoms with Crippen LogP contribution in [0.5, 0.6) is 0 Å². The second kappa shape index (κ2) is 10.6. The quantitative estimate of drug-likeness (QED) is 0.223. The second-order valence-corrected chi connectivity index (χ2v) is 8.35. The third kappa shape index (κ3) is 5.49. The number of ether oxygens (including phenoxy) is 1. The first-order chi connectivity index (χ1) is 18.0. The number of nitrogens with one attached hydrogen (secondary N) is 3. The number of pyridine rings is 1. The fourth-order valence-corrected chi connectivity index (χ4v) is 3.84. The Kier molecular flexibility index (Phi) is 6.91. The highest BCUT2D eigenvalue weighted by Crippen LogP contribution is 2.29. The molecule has 0 fully saturated rings. The first-order valence-corrected chi connectivity index (χ1v) is 11.8. The third-order valence-electron chi connectivity index (χ3n) is 5.39. The van der Waals surface area contributed by atoms with Crippen molar-refractivity contribution in [1.29, 1.82) is 0 Å². The van der Waals surface area contributed by atoms with E-state index < -0.39 is 11.8 Å². The molecule has 0 aliphatic rings. The zero-order chi connectivity index (χ0) is 25.8. The van der Waals surface area contributed by atoms with Crippen LogP contribution in [0.25, 0.3) is 22.2 Å². The van der Waals surface area contributed by atoms with Gasteiger partial charge < -0.3 is 20.4 Å². The number of anilines is 3. The van der Waals surface area contributed by atoms with Crippen LogP contribution in [0.15, 0.2) is 67.1 Å².